The maximum absolute atomic E-state index is 12.1. The van der Waals surface area contributed by atoms with Crippen molar-refractivity contribution in [2.24, 2.45) is 5.41 Å². The van der Waals surface area contributed by atoms with Gasteiger partial charge in [0.05, 0.1) is 5.56 Å². The molecule has 0 spiro atoms. The van der Waals surface area contributed by atoms with E-state index >= 15 is 0 Å². The van der Waals surface area contributed by atoms with Crippen LogP contribution in [0.2, 0.25) is 0 Å². The van der Waals surface area contributed by atoms with E-state index in [1.807, 2.05) is 6.92 Å². The molecule has 1 heterocycles. The number of aromatic carboxylic acids is 1. The minimum absolute atomic E-state index is 0.0319. The van der Waals surface area contributed by atoms with Crippen LogP contribution in [-0.4, -0.2) is 22.0 Å². The van der Waals surface area contributed by atoms with Crippen LogP contribution in [0.15, 0.2) is 18.3 Å². The van der Waals surface area contributed by atoms with Gasteiger partial charge in [0.2, 0.25) is 5.91 Å². The molecule has 18 heavy (non-hydrogen) atoms. The van der Waals surface area contributed by atoms with E-state index in [-0.39, 0.29) is 16.9 Å². The van der Waals surface area contributed by atoms with Gasteiger partial charge >= 0.3 is 5.97 Å². The summed E-state index contributed by atoms with van der Waals surface area (Å²) in [5.74, 6) is -0.656. The molecule has 2 N–H and O–H groups in total. The first kappa shape index (κ1) is 12.5. The first-order valence-corrected chi connectivity index (χ1v) is 6.02. The van der Waals surface area contributed by atoms with Crippen LogP contribution < -0.4 is 5.32 Å². The summed E-state index contributed by atoms with van der Waals surface area (Å²) in [5, 5.41) is 11.5. The highest BCUT2D eigenvalue weighted by molar-refractivity contribution is 5.95. The molecule has 1 aliphatic rings. The average molecular weight is 248 g/mol. The van der Waals surface area contributed by atoms with Gasteiger partial charge in [-0.1, -0.05) is 19.8 Å². The van der Waals surface area contributed by atoms with Gasteiger partial charge in [0.15, 0.2) is 0 Å². The molecule has 0 aliphatic heterocycles. The van der Waals surface area contributed by atoms with E-state index in [0.29, 0.717) is 5.82 Å². The predicted molar refractivity (Wildman–Crippen MR) is 66.4 cm³/mol. The van der Waals surface area contributed by atoms with E-state index < -0.39 is 5.97 Å². The van der Waals surface area contributed by atoms with Crippen LogP contribution in [0.25, 0.3) is 0 Å². The highest BCUT2D eigenvalue weighted by atomic mass is 16.4. The lowest BCUT2D eigenvalue weighted by molar-refractivity contribution is -0.124. The molecular weight excluding hydrogens is 232 g/mol. The van der Waals surface area contributed by atoms with Gasteiger partial charge in [0.25, 0.3) is 0 Å². The fourth-order valence-electron chi connectivity index (χ4n) is 2.24. The molecule has 0 aromatic carbocycles. The lowest BCUT2D eigenvalue weighted by atomic mass is 9.88. The van der Waals surface area contributed by atoms with Crippen LogP contribution in [0.5, 0.6) is 0 Å². The first-order valence-electron chi connectivity index (χ1n) is 6.02. The number of aromatic nitrogens is 1. The van der Waals surface area contributed by atoms with Crippen molar-refractivity contribution in [1.29, 1.82) is 0 Å². The fraction of sp³-hybridized carbons (Fsp3) is 0.462. The summed E-state index contributed by atoms with van der Waals surface area (Å²) in [4.78, 5) is 26.7. The Labute approximate surface area is 105 Å². The number of carbonyl (C=O) groups is 2. The zero-order valence-corrected chi connectivity index (χ0v) is 10.3. The molecule has 1 amide bonds. The molecule has 0 bridgehead atoms. The van der Waals surface area contributed by atoms with Gasteiger partial charge in [-0.2, -0.15) is 0 Å². The Hall–Kier alpha value is -1.91. The number of hydrogen-bond donors (Lipinski definition) is 2. The van der Waals surface area contributed by atoms with Crippen LogP contribution in [0.4, 0.5) is 5.82 Å². The molecule has 0 atom stereocenters. The van der Waals surface area contributed by atoms with Crippen LogP contribution in [0.1, 0.15) is 43.0 Å². The van der Waals surface area contributed by atoms with Crippen molar-refractivity contribution < 1.29 is 14.7 Å². The fourth-order valence-corrected chi connectivity index (χ4v) is 2.24. The molecule has 1 saturated carbocycles. The molecule has 1 aromatic rings. The van der Waals surface area contributed by atoms with Gasteiger partial charge in [-0.05, 0) is 25.0 Å². The Morgan fingerprint density at radius 3 is 2.50 bits per heavy atom. The SMILES string of the molecule is CC1(C(=O)Nc2ccc(C(=O)O)cn2)CCCC1. The average Bonchev–Trinajstić information content (AvgIpc) is 2.78. The Morgan fingerprint density at radius 2 is 2.00 bits per heavy atom. The first-order chi connectivity index (χ1) is 8.51. The number of pyridine rings is 1. The van der Waals surface area contributed by atoms with Crippen LogP contribution in [0, 0.1) is 5.41 Å². The number of carboxylic acid groups (broad SMARTS) is 1. The normalized spacial score (nSPS) is 17.4. The van der Waals surface area contributed by atoms with E-state index in [1.165, 1.54) is 18.3 Å². The summed E-state index contributed by atoms with van der Waals surface area (Å²) in [5.41, 5.74) is -0.201. The molecule has 1 fully saturated rings. The molecular formula is C13H16N2O3. The summed E-state index contributed by atoms with van der Waals surface area (Å²) in [6.45, 7) is 1.96. The quantitative estimate of drug-likeness (QED) is 0.860. The molecule has 1 aromatic heterocycles. The summed E-state index contributed by atoms with van der Waals surface area (Å²) < 4.78 is 0. The maximum Gasteiger partial charge on any atom is 0.337 e. The maximum atomic E-state index is 12.1. The summed E-state index contributed by atoms with van der Waals surface area (Å²) in [6, 6.07) is 2.95. The summed E-state index contributed by atoms with van der Waals surface area (Å²) in [7, 11) is 0. The van der Waals surface area contributed by atoms with Gasteiger partial charge in [-0.15, -0.1) is 0 Å². The van der Waals surface area contributed by atoms with Crippen molar-refractivity contribution in [1.82, 2.24) is 4.98 Å². The Morgan fingerprint density at radius 1 is 1.33 bits per heavy atom. The second-order valence-electron chi connectivity index (χ2n) is 4.96. The van der Waals surface area contributed by atoms with Crippen molar-refractivity contribution in [2.75, 3.05) is 5.32 Å². The highest BCUT2D eigenvalue weighted by Crippen LogP contribution is 2.38. The molecule has 5 nitrogen and oxygen atoms in total. The number of hydrogen-bond acceptors (Lipinski definition) is 3. The standard InChI is InChI=1S/C13H16N2O3/c1-13(6-2-3-7-13)12(18)15-10-5-4-9(8-14-10)11(16)17/h4-5,8H,2-3,6-7H2,1H3,(H,16,17)(H,14,15,18). The third-order valence-corrected chi connectivity index (χ3v) is 3.51. The van der Waals surface area contributed by atoms with Crippen molar-refractivity contribution in [3.05, 3.63) is 23.9 Å². The number of rotatable bonds is 3. The van der Waals surface area contributed by atoms with Crippen molar-refractivity contribution in [3.8, 4) is 0 Å². The third kappa shape index (κ3) is 2.50. The second-order valence-corrected chi connectivity index (χ2v) is 4.96. The van der Waals surface area contributed by atoms with Gasteiger partial charge < -0.3 is 10.4 Å². The second kappa shape index (κ2) is 4.76. The lowest BCUT2D eigenvalue weighted by Gasteiger charge is -2.21. The zero-order valence-electron chi connectivity index (χ0n) is 10.3. The Bertz CT molecular complexity index is 462. The van der Waals surface area contributed by atoms with Crippen molar-refractivity contribution >= 4 is 17.7 Å². The van der Waals surface area contributed by atoms with E-state index in [0.717, 1.165) is 25.7 Å². The van der Waals surface area contributed by atoms with Crippen molar-refractivity contribution in [2.45, 2.75) is 32.6 Å². The minimum atomic E-state index is -1.02. The molecule has 0 unspecified atom stereocenters. The van der Waals surface area contributed by atoms with Gasteiger partial charge in [0.1, 0.15) is 5.82 Å². The monoisotopic (exact) mass is 248 g/mol. The number of anilines is 1. The smallest absolute Gasteiger partial charge is 0.337 e. The number of nitrogens with zero attached hydrogens (tertiary/aromatic N) is 1. The minimum Gasteiger partial charge on any atom is -0.478 e. The molecule has 2 rings (SSSR count). The number of carboxylic acids is 1. The van der Waals surface area contributed by atoms with Crippen LogP contribution in [-0.2, 0) is 4.79 Å². The van der Waals surface area contributed by atoms with E-state index in [2.05, 4.69) is 10.3 Å². The number of nitrogens with one attached hydrogen (secondary N) is 1. The summed E-state index contributed by atoms with van der Waals surface area (Å²) >= 11 is 0. The van der Waals surface area contributed by atoms with E-state index in [9.17, 15) is 9.59 Å². The molecule has 1 aliphatic carbocycles. The predicted octanol–water partition coefficient (Wildman–Crippen LogP) is 2.30. The Kier molecular flexibility index (Phi) is 3.32. The molecule has 0 saturated heterocycles. The van der Waals surface area contributed by atoms with Crippen LogP contribution >= 0.6 is 0 Å². The van der Waals surface area contributed by atoms with Gasteiger partial charge in [-0.3, -0.25) is 4.79 Å². The van der Waals surface area contributed by atoms with E-state index in [4.69, 9.17) is 5.11 Å². The number of amides is 1. The van der Waals surface area contributed by atoms with Crippen LogP contribution in [0.3, 0.4) is 0 Å². The summed E-state index contributed by atoms with van der Waals surface area (Å²) in [6.07, 6.45) is 5.19. The third-order valence-electron chi connectivity index (χ3n) is 3.51. The molecule has 0 radical (unpaired) electrons. The van der Waals surface area contributed by atoms with Gasteiger partial charge in [0, 0.05) is 11.6 Å². The van der Waals surface area contributed by atoms with Gasteiger partial charge in [-0.25, -0.2) is 9.78 Å². The molecule has 5 heteroatoms. The topological polar surface area (TPSA) is 79.3 Å². The van der Waals surface area contributed by atoms with Crippen molar-refractivity contribution in [3.63, 3.8) is 0 Å². The Balaban J connectivity index is 2.05. The highest BCUT2D eigenvalue weighted by Gasteiger charge is 2.36. The largest absolute Gasteiger partial charge is 0.478 e. The molecule has 96 valence electrons. The lowest BCUT2D eigenvalue weighted by Crippen LogP contribution is -2.31. The number of carbonyl (C=O) groups excluding carboxylic acids is 1. The zero-order chi connectivity index (χ0) is 13.2. The van der Waals surface area contributed by atoms with E-state index in [1.54, 1.807) is 0 Å².